The summed E-state index contributed by atoms with van der Waals surface area (Å²) in [6.45, 7) is 0. The maximum Gasteiger partial charge on any atom is 0.236 e. The predicted molar refractivity (Wildman–Crippen MR) is 204 cm³/mol. The summed E-state index contributed by atoms with van der Waals surface area (Å²) in [5.41, 5.74) is 13.5. The van der Waals surface area contributed by atoms with Gasteiger partial charge < -0.3 is 4.90 Å². The zero-order chi connectivity index (χ0) is 33.0. The van der Waals surface area contributed by atoms with Crippen LogP contribution in [-0.4, -0.2) is 26.7 Å². The molecule has 0 saturated carbocycles. The van der Waals surface area contributed by atoms with E-state index in [0.29, 0.717) is 17.5 Å². The Bertz CT molecular complexity index is 2460. The largest absolute Gasteiger partial charge is 0.318 e. The summed E-state index contributed by atoms with van der Waals surface area (Å²) in [7, 11) is 0. The van der Waals surface area contributed by atoms with Crippen molar-refractivity contribution in [2.75, 3.05) is 4.90 Å². The van der Waals surface area contributed by atoms with Gasteiger partial charge in [-0.25, -0.2) is 15.0 Å². The fourth-order valence-corrected chi connectivity index (χ4v) is 7.48. The van der Waals surface area contributed by atoms with Crippen LogP contribution in [0.2, 0.25) is 0 Å². The topological polar surface area (TPSA) is 44.9 Å². The molecule has 1 atom stereocenters. The van der Waals surface area contributed by atoms with Crippen LogP contribution in [0, 0.1) is 0 Å². The van der Waals surface area contributed by atoms with E-state index in [4.69, 9.17) is 15.0 Å². The van der Waals surface area contributed by atoms with E-state index in [2.05, 4.69) is 125 Å². The van der Waals surface area contributed by atoms with Crippen molar-refractivity contribution < 1.29 is 0 Å². The number of anilines is 2. The van der Waals surface area contributed by atoms with Gasteiger partial charge in [-0.15, -0.1) is 0 Å². The van der Waals surface area contributed by atoms with Crippen molar-refractivity contribution >= 4 is 34.0 Å². The zero-order valence-corrected chi connectivity index (χ0v) is 27.1. The molecule has 1 aliphatic carbocycles. The van der Waals surface area contributed by atoms with Gasteiger partial charge in [0.1, 0.15) is 11.7 Å². The predicted octanol–water partition coefficient (Wildman–Crippen LogP) is 10.3. The fourth-order valence-electron chi connectivity index (χ4n) is 7.48. The SMILES string of the molecule is C1=CC2=[N+](c3ccc(-c4ccccc4)cc3)c3cc(-c4nc(-c5ccccc5)nc(-c5ccccc5)n4)ccc3N3c4ccccc4C(=C1)C23. The van der Waals surface area contributed by atoms with Crippen LogP contribution < -0.4 is 9.48 Å². The van der Waals surface area contributed by atoms with Gasteiger partial charge >= 0.3 is 0 Å². The van der Waals surface area contributed by atoms with E-state index in [1.54, 1.807) is 0 Å². The third kappa shape index (κ3) is 4.55. The number of benzene rings is 6. The number of fused-ring (bicyclic) bond motifs is 5. The molecule has 5 heteroatoms. The smallest absolute Gasteiger partial charge is 0.236 e. The first kappa shape index (κ1) is 28.3. The van der Waals surface area contributed by atoms with Crippen LogP contribution in [0.5, 0.6) is 0 Å². The molecule has 234 valence electrons. The maximum atomic E-state index is 5.07. The molecule has 10 rings (SSSR count). The van der Waals surface area contributed by atoms with Crippen LogP contribution >= 0.6 is 0 Å². The summed E-state index contributed by atoms with van der Waals surface area (Å²) < 4.78 is 2.42. The van der Waals surface area contributed by atoms with E-state index < -0.39 is 0 Å². The molecule has 0 N–H and O–H groups in total. The lowest BCUT2D eigenvalue weighted by Crippen LogP contribution is -2.43. The monoisotopic (exact) mass is 640 g/mol. The summed E-state index contributed by atoms with van der Waals surface area (Å²) in [5, 5.41) is 0. The van der Waals surface area contributed by atoms with Gasteiger partial charge in [0.2, 0.25) is 17.1 Å². The number of aromatic nitrogens is 3. The molecule has 7 aromatic rings. The minimum absolute atomic E-state index is 0.0658. The van der Waals surface area contributed by atoms with Crippen LogP contribution in [0.1, 0.15) is 5.56 Å². The van der Waals surface area contributed by atoms with E-state index in [1.165, 1.54) is 33.7 Å². The van der Waals surface area contributed by atoms with Crippen LogP contribution in [0.3, 0.4) is 0 Å². The highest BCUT2D eigenvalue weighted by Crippen LogP contribution is 2.52. The molecular formula is C45H30N5+. The van der Waals surface area contributed by atoms with Gasteiger partial charge in [-0.2, -0.15) is 4.58 Å². The van der Waals surface area contributed by atoms with Crippen molar-refractivity contribution in [3.63, 3.8) is 0 Å². The highest BCUT2D eigenvalue weighted by molar-refractivity contribution is 6.21. The van der Waals surface area contributed by atoms with Crippen molar-refractivity contribution in [3.8, 4) is 45.3 Å². The molecule has 1 aromatic heterocycles. The van der Waals surface area contributed by atoms with Crippen LogP contribution in [-0.2, 0) is 0 Å². The molecule has 50 heavy (non-hydrogen) atoms. The molecule has 0 amide bonds. The first-order valence-corrected chi connectivity index (χ1v) is 16.9. The molecule has 0 spiro atoms. The van der Waals surface area contributed by atoms with Gasteiger partial charge in [-0.3, -0.25) is 0 Å². The molecule has 6 aromatic carbocycles. The Morgan fingerprint density at radius 1 is 0.480 bits per heavy atom. The second-order valence-corrected chi connectivity index (χ2v) is 12.7. The fraction of sp³-hybridized carbons (Fsp3) is 0.0222. The lowest BCUT2D eigenvalue weighted by Gasteiger charge is -2.33. The van der Waals surface area contributed by atoms with Gasteiger partial charge in [0, 0.05) is 46.5 Å². The Labute approximate surface area is 290 Å². The minimum atomic E-state index is 0.0658. The first-order chi connectivity index (χ1) is 24.8. The standard InChI is InChI=1S/C45H30N5/c1-4-13-30(14-5-1)31-23-26-35(27-24-31)49-40-22-12-20-37-36-19-10-11-21-38(36)50(42(37)40)39-28-25-34(29-41(39)49)45-47-43(32-15-6-2-7-16-32)46-44(48-45)33-17-8-3-9-18-33/h1-29,42H/q+1. The normalized spacial score (nSPS) is 15.3. The maximum absolute atomic E-state index is 5.07. The van der Waals surface area contributed by atoms with Crippen molar-refractivity contribution in [1.82, 2.24) is 19.5 Å². The first-order valence-electron chi connectivity index (χ1n) is 16.9. The molecule has 3 heterocycles. The van der Waals surface area contributed by atoms with Gasteiger partial charge in [0.05, 0.1) is 5.69 Å². The van der Waals surface area contributed by atoms with Crippen LogP contribution in [0.15, 0.2) is 176 Å². The van der Waals surface area contributed by atoms with Crippen molar-refractivity contribution in [3.05, 3.63) is 182 Å². The van der Waals surface area contributed by atoms with E-state index in [1.807, 2.05) is 60.7 Å². The van der Waals surface area contributed by atoms with Crippen molar-refractivity contribution in [1.29, 1.82) is 0 Å². The number of allylic oxidation sites excluding steroid dienone is 2. The quantitative estimate of drug-likeness (QED) is 0.176. The van der Waals surface area contributed by atoms with E-state index >= 15 is 0 Å². The zero-order valence-electron chi connectivity index (χ0n) is 27.1. The average Bonchev–Trinajstić information content (AvgIpc) is 3.54. The number of para-hydroxylation sites is 1. The molecule has 3 aliphatic rings. The van der Waals surface area contributed by atoms with Crippen LogP contribution in [0.25, 0.3) is 50.9 Å². The highest BCUT2D eigenvalue weighted by Gasteiger charge is 2.48. The molecule has 2 aliphatic heterocycles. The number of rotatable bonds is 5. The van der Waals surface area contributed by atoms with Crippen LogP contribution in [0.4, 0.5) is 22.7 Å². The van der Waals surface area contributed by atoms with E-state index in [9.17, 15) is 0 Å². The van der Waals surface area contributed by atoms with Gasteiger partial charge in [-0.05, 0) is 47.0 Å². The van der Waals surface area contributed by atoms with Gasteiger partial charge in [0.15, 0.2) is 17.5 Å². The summed E-state index contributed by atoms with van der Waals surface area (Å²) in [6, 6.07) is 55.2. The lowest BCUT2D eigenvalue weighted by molar-refractivity contribution is 0.931. The number of hydrogen-bond donors (Lipinski definition) is 0. The van der Waals surface area contributed by atoms with Crippen molar-refractivity contribution in [2.45, 2.75) is 6.04 Å². The Kier molecular flexibility index (Phi) is 6.49. The second kappa shape index (κ2) is 11.5. The highest BCUT2D eigenvalue weighted by atomic mass is 15.3. The number of nitrogens with zero attached hydrogens (tertiary/aromatic N) is 5. The van der Waals surface area contributed by atoms with E-state index in [-0.39, 0.29) is 6.04 Å². The summed E-state index contributed by atoms with van der Waals surface area (Å²) in [4.78, 5) is 17.6. The van der Waals surface area contributed by atoms with Crippen molar-refractivity contribution in [2.24, 2.45) is 0 Å². The molecule has 0 fully saturated rings. The third-order valence-electron chi connectivity index (χ3n) is 9.77. The Hall–Kier alpha value is -6.72. The molecule has 0 bridgehead atoms. The summed E-state index contributed by atoms with van der Waals surface area (Å²) >= 11 is 0. The molecule has 0 radical (unpaired) electrons. The third-order valence-corrected chi connectivity index (χ3v) is 9.77. The number of hydrogen-bond acceptors (Lipinski definition) is 4. The molecule has 5 nitrogen and oxygen atoms in total. The van der Waals surface area contributed by atoms with Gasteiger partial charge in [-0.1, -0.05) is 121 Å². The summed E-state index contributed by atoms with van der Waals surface area (Å²) in [5.74, 6) is 1.93. The Morgan fingerprint density at radius 3 is 1.68 bits per heavy atom. The molecule has 1 unspecified atom stereocenters. The van der Waals surface area contributed by atoms with Gasteiger partial charge in [0.25, 0.3) is 0 Å². The molecule has 0 saturated heterocycles. The average molecular weight is 641 g/mol. The minimum Gasteiger partial charge on any atom is -0.318 e. The van der Waals surface area contributed by atoms with E-state index in [0.717, 1.165) is 33.8 Å². The Morgan fingerprint density at radius 2 is 1.02 bits per heavy atom. The lowest BCUT2D eigenvalue weighted by atomic mass is 9.92. The molecular weight excluding hydrogens is 611 g/mol. The summed E-state index contributed by atoms with van der Waals surface area (Å²) in [6.07, 6.45) is 6.72. The second-order valence-electron chi connectivity index (χ2n) is 12.7. The Balaban J connectivity index is 1.19.